The number of carbonyl (C=O) groups is 2. The zero-order valence-corrected chi connectivity index (χ0v) is 21.1. The third-order valence-corrected chi connectivity index (χ3v) is 6.29. The number of carboxylic acids is 1. The predicted octanol–water partition coefficient (Wildman–Crippen LogP) is 3.26. The van der Waals surface area contributed by atoms with Crippen molar-refractivity contribution in [1.82, 2.24) is 29.9 Å². The number of fused-ring (bicyclic) bond motifs is 1. The molecule has 15 heteroatoms. The Morgan fingerprint density at radius 2 is 1.85 bits per heavy atom. The van der Waals surface area contributed by atoms with Crippen molar-refractivity contribution in [2.75, 3.05) is 6.54 Å². The fourth-order valence-electron chi connectivity index (χ4n) is 3.97. The van der Waals surface area contributed by atoms with Crippen molar-refractivity contribution in [3.8, 4) is 11.6 Å². The number of nitrogens with zero attached hydrogens (tertiary/aromatic N) is 5. The number of carboxylic acid groups (broad SMARTS) is 1. The molecular formula is C25H22F4N6O5. The average Bonchev–Trinajstić information content (AvgIpc) is 3.59. The van der Waals surface area contributed by atoms with Crippen LogP contribution in [0.15, 0.2) is 45.8 Å². The van der Waals surface area contributed by atoms with Crippen molar-refractivity contribution in [2.45, 2.75) is 39.5 Å². The molecule has 0 unspecified atom stereocenters. The minimum Gasteiger partial charge on any atom is -0.475 e. The highest BCUT2D eigenvalue weighted by molar-refractivity contribution is 5.94. The van der Waals surface area contributed by atoms with Gasteiger partial charge in [0.1, 0.15) is 5.82 Å². The van der Waals surface area contributed by atoms with Gasteiger partial charge in [-0.1, -0.05) is 6.07 Å². The van der Waals surface area contributed by atoms with Crippen molar-refractivity contribution in [3.05, 3.63) is 86.5 Å². The Hall–Kier alpha value is -4.82. The lowest BCUT2D eigenvalue weighted by atomic mass is 10.0. The number of amides is 1. The molecule has 40 heavy (non-hydrogen) atoms. The number of furan rings is 1. The fourth-order valence-corrected chi connectivity index (χ4v) is 3.97. The van der Waals surface area contributed by atoms with Crippen LogP contribution in [-0.4, -0.2) is 59.6 Å². The van der Waals surface area contributed by atoms with Gasteiger partial charge in [-0.05, 0) is 49.2 Å². The average molecular weight is 562 g/mol. The Kier molecular flexibility index (Phi) is 7.84. The molecule has 1 aliphatic heterocycles. The first-order valence-corrected chi connectivity index (χ1v) is 11.7. The number of aliphatic carboxylic acids is 1. The van der Waals surface area contributed by atoms with Crippen LogP contribution in [0.1, 0.15) is 38.6 Å². The summed E-state index contributed by atoms with van der Waals surface area (Å²) in [6.07, 6.45) is -3.15. The molecule has 0 fully saturated rings. The molecule has 0 aliphatic carbocycles. The van der Waals surface area contributed by atoms with Crippen molar-refractivity contribution in [1.29, 1.82) is 0 Å². The molecule has 4 heterocycles. The van der Waals surface area contributed by atoms with Gasteiger partial charge < -0.3 is 19.0 Å². The van der Waals surface area contributed by atoms with E-state index in [0.29, 0.717) is 48.2 Å². The van der Waals surface area contributed by atoms with Crippen molar-refractivity contribution in [2.24, 2.45) is 0 Å². The molecule has 1 aliphatic rings. The summed E-state index contributed by atoms with van der Waals surface area (Å²) in [5, 5.41) is 22.1. The molecule has 11 nitrogen and oxygen atoms in total. The molecule has 5 rings (SSSR count). The maximum absolute atomic E-state index is 14.6. The molecule has 0 bridgehead atoms. The van der Waals surface area contributed by atoms with Crippen LogP contribution in [0.4, 0.5) is 17.6 Å². The first-order valence-electron chi connectivity index (χ1n) is 11.7. The van der Waals surface area contributed by atoms with E-state index in [-0.39, 0.29) is 17.7 Å². The second-order valence-corrected chi connectivity index (χ2v) is 8.84. The van der Waals surface area contributed by atoms with E-state index in [2.05, 4.69) is 20.4 Å². The molecule has 1 aromatic carbocycles. The minimum atomic E-state index is -5.08. The van der Waals surface area contributed by atoms with Gasteiger partial charge in [0.25, 0.3) is 11.5 Å². The zero-order valence-electron chi connectivity index (χ0n) is 21.1. The Bertz CT molecular complexity index is 1610. The lowest BCUT2D eigenvalue weighted by Crippen LogP contribution is -2.39. The summed E-state index contributed by atoms with van der Waals surface area (Å²) in [4.78, 5) is 35.4. The number of nitrogens with one attached hydrogen (secondary N) is 1. The van der Waals surface area contributed by atoms with Crippen LogP contribution < -0.4 is 5.56 Å². The van der Waals surface area contributed by atoms with Gasteiger partial charge >= 0.3 is 12.1 Å². The smallest absolute Gasteiger partial charge is 0.475 e. The van der Waals surface area contributed by atoms with Crippen LogP contribution >= 0.6 is 0 Å². The van der Waals surface area contributed by atoms with Crippen LogP contribution in [0.25, 0.3) is 11.6 Å². The topological polar surface area (TPSA) is 147 Å². The van der Waals surface area contributed by atoms with Crippen molar-refractivity contribution < 1.29 is 36.7 Å². The van der Waals surface area contributed by atoms with Crippen LogP contribution in [-0.2, 0) is 24.3 Å². The van der Waals surface area contributed by atoms with E-state index in [1.54, 1.807) is 42.4 Å². The molecule has 1 amide bonds. The molecule has 0 radical (unpaired) electrons. The minimum absolute atomic E-state index is 0.00878. The number of halogens is 4. The number of aromatic nitrogens is 5. The highest BCUT2D eigenvalue weighted by Gasteiger charge is 2.38. The summed E-state index contributed by atoms with van der Waals surface area (Å²) in [7, 11) is 0. The third-order valence-electron chi connectivity index (χ3n) is 6.29. The second-order valence-electron chi connectivity index (χ2n) is 8.84. The number of alkyl halides is 3. The largest absolute Gasteiger partial charge is 0.490 e. The number of aromatic amines is 1. The van der Waals surface area contributed by atoms with Crippen LogP contribution in [0.2, 0.25) is 0 Å². The SMILES string of the molecule is Cc1c(Cc2ccc(F)c(C(=O)N3CCn4c(nnc4-c4ccco4)C3)c2)n[nH]c(=O)c1C.O=C(O)C(F)(F)F. The summed E-state index contributed by atoms with van der Waals surface area (Å²) in [5.41, 5.74) is 2.52. The molecule has 0 saturated carbocycles. The van der Waals surface area contributed by atoms with E-state index in [0.717, 1.165) is 11.1 Å². The summed E-state index contributed by atoms with van der Waals surface area (Å²) >= 11 is 0. The maximum Gasteiger partial charge on any atom is 0.490 e. The molecule has 0 atom stereocenters. The number of hydrogen-bond donors (Lipinski definition) is 2. The van der Waals surface area contributed by atoms with E-state index < -0.39 is 23.9 Å². The quantitative estimate of drug-likeness (QED) is 0.361. The number of carbonyl (C=O) groups excluding carboxylic acids is 1. The van der Waals surface area contributed by atoms with Gasteiger partial charge in [0.05, 0.1) is 24.1 Å². The highest BCUT2D eigenvalue weighted by Crippen LogP contribution is 2.24. The molecule has 0 spiro atoms. The van der Waals surface area contributed by atoms with Crippen LogP contribution in [0.5, 0.6) is 0 Å². The van der Waals surface area contributed by atoms with E-state index in [9.17, 15) is 27.2 Å². The summed E-state index contributed by atoms with van der Waals surface area (Å²) in [5.74, 6) is -1.93. The van der Waals surface area contributed by atoms with Gasteiger partial charge in [-0.15, -0.1) is 10.2 Å². The molecule has 0 saturated heterocycles. The van der Waals surface area contributed by atoms with Crippen molar-refractivity contribution >= 4 is 11.9 Å². The van der Waals surface area contributed by atoms with Gasteiger partial charge in [0.15, 0.2) is 17.4 Å². The Balaban J connectivity index is 0.000000470. The monoisotopic (exact) mass is 562 g/mol. The van der Waals surface area contributed by atoms with E-state index in [1.807, 2.05) is 11.5 Å². The number of H-pyrrole nitrogens is 1. The normalized spacial score (nSPS) is 12.9. The molecular weight excluding hydrogens is 540 g/mol. The van der Waals surface area contributed by atoms with Gasteiger partial charge in [-0.2, -0.15) is 18.3 Å². The number of hydrogen-bond acceptors (Lipinski definition) is 7. The summed E-state index contributed by atoms with van der Waals surface area (Å²) < 4.78 is 53.7. The van der Waals surface area contributed by atoms with Gasteiger partial charge in [0.2, 0.25) is 0 Å². The lowest BCUT2D eigenvalue weighted by Gasteiger charge is -2.28. The predicted molar refractivity (Wildman–Crippen MR) is 130 cm³/mol. The number of rotatable bonds is 4. The maximum atomic E-state index is 14.6. The van der Waals surface area contributed by atoms with Crippen LogP contribution in [0.3, 0.4) is 0 Å². The molecule has 2 N–H and O–H groups in total. The van der Waals surface area contributed by atoms with Gasteiger partial charge in [-0.3, -0.25) is 9.59 Å². The molecule has 210 valence electrons. The third kappa shape index (κ3) is 5.92. The Morgan fingerprint density at radius 3 is 2.50 bits per heavy atom. The highest BCUT2D eigenvalue weighted by atomic mass is 19.4. The Morgan fingerprint density at radius 1 is 1.12 bits per heavy atom. The fraction of sp³-hybridized carbons (Fsp3) is 0.280. The van der Waals surface area contributed by atoms with E-state index in [1.165, 1.54) is 6.07 Å². The first-order chi connectivity index (χ1) is 18.9. The summed E-state index contributed by atoms with van der Waals surface area (Å²) in [6, 6.07) is 8.04. The first kappa shape index (κ1) is 28.2. The summed E-state index contributed by atoms with van der Waals surface area (Å²) in [6.45, 7) is 4.64. The van der Waals surface area contributed by atoms with Crippen molar-refractivity contribution in [3.63, 3.8) is 0 Å². The zero-order chi connectivity index (χ0) is 29.2. The number of benzene rings is 1. The van der Waals surface area contributed by atoms with E-state index in [4.69, 9.17) is 14.3 Å². The molecule has 3 aromatic heterocycles. The van der Waals surface area contributed by atoms with Gasteiger partial charge in [0, 0.05) is 25.1 Å². The lowest BCUT2D eigenvalue weighted by molar-refractivity contribution is -0.192. The van der Waals surface area contributed by atoms with Gasteiger partial charge in [-0.25, -0.2) is 14.3 Å². The second kappa shape index (κ2) is 11.1. The molecule has 4 aromatic rings. The van der Waals surface area contributed by atoms with E-state index >= 15 is 0 Å². The van der Waals surface area contributed by atoms with Crippen LogP contribution in [0, 0.1) is 19.7 Å². The Labute approximate surface area is 223 Å². The standard InChI is InChI=1S/C23H21FN6O3.C2HF3O2/c1-13-14(2)22(31)28-25-18(13)11-15-5-6-17(24)16(10-15)23(32)29-7-8-30-20(12-29)26-27-21(30)19-4-3-9-33-19;3-2(4,5)1(6)7/h3-6,9-10H,7-8,11-12H2,1-2H3,(H,28,31);(H,6,7).